The largest absolute Gasteiger partial charge is 0.377 e. The van der Waals surface area contributed by atoms with Gasteiger partial charge in [-0.2, -0.15) is 5.10 Å². The summed E-state index contributed by atoms with van der Waals surface area (Å²) in [6.07, 6.45) is 1.93. The van der Waals surface area contributed by atoms with Crippen molar-refractivity contribution in [2.24, 2.45) is 7.05 Å². The summed E-state index contributed by atoms with van der Waals surface area (Å²) in [5, 5.41) is 5.59. The van der Waals surface area contributed by atoms with Crippen LogP contribution in [0, 0.1) is 0 Å². The fraction of sp³-hybridized carbons (Fsp3) is 0.231. The standard InChI is InChI=1S/C13H14N4O/c1-17-12(8-18-2)15-13(16-17)10-4-3-9-5-6-14-11(9)7-10/h3-7,14H,8H2,1-2H3. The van der Waals surface area contributed by atoms with Crippen molar-refractivity contribution in [3.05, 3.63) is 36.3 Å². The molecule has 0 aliphatic rings. The van der Waals surface area contributed by atoms with Gasteiger partial charge in [-0.25, -0.2) is 4.98 Å². The molecule has 0 saturated heterocycles. The molecule has 1 N–H and O–H groups in total. The molecule has 5 heteroatoms. The molecule has 3 aromatic rings. The molecule has 0 saturated carbocycles. The summed E-state index contributed by atoms with van der Waals surface area (Å²) in [6, 6.07) is 8.19. The number of aryl methyl sites for hydroxylation is 1. The zero-order valence-electron chi connectivity index (χ0n) is 10.3. The second-order valence-corrected chi connectivity index (χ2v) is 4.19. The molecule has 0 fully saturated rings. The molecule has 0 aliphatic heterocycles. The van der Waals surface area contributed by atoms with Crippen LogP contribution in [-0.4, -0.2) is 26.9 Å². The summed E-state index contributed by atoms with van der Waals surface area (Å²) in [5.74, 6) is 1.54. The van der Waals surface area contributed by atoms with Gasteiger partial charge in [-0.1, -0.05) is 12.1 Å². The lowest BCUT2D eigenvalue weighted by Crippen LogP contribution is -2.00. The first-order valence-electron chi connectivity index (χ1n) is 5.74. The van der Waals surface area contributed by atoms with Gasteiger partial charge < -0.3 is 9.72 Å². The van der Waals surface area contributed by atoms with E-state index in [1.54, 1.807) is 11.8 Å². The highest BCUT2D eigenvalue weighted by molar-refractivity contribution is 5.83. The maximum atomic E-state index is 5.09. The second kappa shape index (κ2) is 4.27. The molecule has 92 valence electrons. The van der Waals surface area contributed by atoms with Crippen molar-refractivity contribution in [2.45, 2.75) is 6.61 Å². The third-order valence-corrected chi connectivity index (χ3v) is 2.94. The van der Waals surface area contributed by atoms with Crippen LogP contribution in [0.4, 0.5) is 0 Å². The highest BCUT2D eigenvalue weighted by Crippen LogP contribution is 2.21. The molecule has 0 radical (unpaired) electrons. The van der Waals surface area contributed by atoms with Crippen molar-refractivity contribution >= 4 is 10.9 Å². The van der Waals surface area contributed by atoms with Crippen LogP contribution in [-0.2, 0) is 18.4 Å². The third kappa shape index (κ3) is 1.78. The number of hydrogen-bond acceptors (Lipinski definition) is 3. The van der Waals surface area contributed by atoms with Crippen molar-refractivity contribution in [3.8, 4) is 11.4 Å². The van der Waals surface area contributed by atoms with Crippen molar-refractivity contribution in [3.63, 3.8) is 0 Å². The van der Waals surface area contributed by atoms with E-state index in [1.165, 1.54) is 5.39 Å². The number of fused-ring (bicyclic) bond motifs is 1. The molecule has 1 aromatic carbocycles. The van der Waals surface area contributed by atoms with Crippen LogP contribution in [0.1, 0.15) is 5.82 Å². The summed E-state index contributed by atoms with van der Waals surface area (Å²) >= 11 is 0. The highest BCUT2D eigenvalue weighted by Gasteiger charge is 2.09. The van der Waals surface area contributed by atoms with Crippen LogP contribution >= 0.6 is 0 Å². The van der Waals surface area contributed by atoms with Gasteiger partial charge in [0.05, 0.1) is 0 Å². The number of nitrogens with one attached hydrogen (secondary N) is 1. The molecule has 3 rings (SSSR count). The lowest BCUT2D eigenvalue weighted by molar-refractivity contribution is 0.174. The molecule has 2 aromatic heterocycles. The Labute approximate surface area is 104 Å². The average molecular weight is 242 g/mol. The minimum Gasteiger partial charge on any atom is -0.377 e. The summed E-state index contributed by atoms with van der Waals surface area (Å²) < 4.78 is 6.83. The first kappa shape index (κ1) is 11.0. The van der Waals surface area contributed by atoms with Gasteiger partial charge in [0.1, 0.15) is 6.61 Å². The van der Waals surface area contributed by atoms with Crippen molar-refractivity contribution in [1.29, 1.82) is 0 Å². The van der Waals surface area contributed by atoms with Crippen LogP contribution in [0.25, 0.3) is 22.3 Å². The fourth-order valence-corrected chi connectivity index (χ4v) is 1.98. The van der Waals surface area contributed by atoms with E-state index in [0.717, 1.165) is 22.7 Å². The van der Waals surface area contributed by atoms with Gasteiger partial charge in [-0.3, -0.25) is 4.68 Å². The molecule has 0 aliphatic carbocycles. The normalized spacial score (nSPS) is 11.2. The van der Waals surface area contributed by atoms with E-state index >= 15 is 0 Å². The minimum atomic E-state index is 0.467. The van der Waals surface area contributed by atoms with Crippen LogP contribution in [0.2, 0.25) is 0 Å². The smallest absolute Gasteiger partial charge is 0.181 e. The maximum Gasteiger partial charge on any atom is 0.181 e. The molecule has 0 amide bonds. The summed E-state index contributed by atoms with van der Waals surface area (Å²) in [5.41, 5.74) is 2.09. The molecular formula is C13H14N4O. The summed E-state index contributed by atoms with van der Waals surface area (Å²) in [4.78, 5) is 7.66. The Morgan fingerprint density at radius 1 is 1.33 bits per heavy atom. The van der Waals surface area contributed by atoms with Gasteiger partial charge >= 0.3 is 0 Å². The zero-order valence-corrected chi connectivity index (χ0v) is 10.3. The Bertz CT molecular complexity index is 683. The number of hydrogen-bond donors (Lipinski definition) is 1. The van der Waals surface area contributed by atoms with E-state index < -0.39 is 0 Å². The molecule has 18 heavy (non-hydrogen) atoms. The Balaban J connectivity index is 2.05. The van der Waals surface area contributed by atoms with Crippen LogP contribution < -0.4 is 0 Å². The van der Waals surface area contributed by atoms with Gasteiger partial charge in [-0.05, 0) is 17.5 Å². The number of benzene rings is 1. The van der Waals surface area contributed by atoms with Gasteiger partial charge in [-0.15, -0.1) is 0 Å². The summed E-state index contributed by atoms with van der Waals surface area (Å²) in [7, 11) is 3.53. The van der Waals surface area contributed by atoms with Gasteiger partial charge in [0.15, 0.2) is 11.6 Å². The average Bonchev–Trinajstić information content (AvgIpc) is 2.96. The summed E-state index contributed by atoms with van der Waals surface area (Å²) in [6.45, 7) is 0.467. The first-order valence-corrected chi connectivity index (χ1v) is 5.74. The molecule has 0 atom stereocenters. The van der Waals surface area contributed by atoms with Gasteiger partial charge in [0, 0.05) is 31.4 Å². The Hall–Kier alpha value is -2.14. The topological polar surface area (TPSA) is 55.7 Å². The second-order valence-electron chi connectivity index (χ2n) is 4.19. The molecule has 2 heterocycles. The van der Waals surface area contributed by atoms with E-state index in [-0.39, 0.29) is 0 Å². The SMILES string of the molecule is COCc1nc(-c2ccc3cc[nH]c3c2)nn1C. The Kier molecular flexibility index (Phi) is 2.60. The number of aromatic amines is 1. The lowest BCUT2D eigenvalue weighted by Gasteiger charge is -1.95. The molecule has 0 bridgehead atoms. The predicted octanol–water partition coefficient (Wildman–Crippen LogP) is 2.11. The highest BCUT2D eigenvalue weighted by atomic mass is 16.5. The fourth-order valence-electron chi connectivity index (χ4n) is 1.98. The van der Waals surface area contributed by atoms with Gasteiger partial charge in [0.25, 0.3) is 0 Å². The molecule has 0 unspecified atom stereocenters. The Morgan fingerprint density at radius 2 is 2.22 bits per heavy atom. The lowest BCUT2D eigenvalue weighted by atomic mass is 10.1. The monoisotopic (exact) mass is 242 g/mol. The molecule has 0 spiro atoms. The van der Waals surface area contributed by atoms with E-state index in [0.29, 0.717) is 6.61 Å². The van der Waals surface area contributed by atoms with Crippen LogP contribution in [0.5, 0.6) is 0 Å². The van der Waals surface area contributed by atoms with E-state index in [1.807, 2.05) is 25.4 Å². The van der Waals surface area contributed by atoms with Crippen molar-refractivity contribution in [2.75, 3.05) is 7.11 Å². The number of nitrogens with zero attached hydrogens (tertiary/aromatic N) is 3. The minimum absolute atomic E-state index is 0.467. The van der Waals surface area contributed by atoms with Crippen LogP contribution in [0.3, 0.4) is 0 Å². The van der Waals surface area contributed by atoms with E-state index in [2.05, 4.69) is 27.2 Å². The van der Waals surface area contributed by atoms with Crippen LogP contribution in [0.15, 0.2) is 30.5 Å². The maximum absolute atomic E-state index is 5.09. The van der Waals surface area contributed by atoms with Gasteiger partial charge in [0.2, 0.25) is 0 Å². The third-order valence-electron chi connectivity index (χ3n) is 2.94. The quantitative estimate of drug-likeness (QED) is 0.765. The molecule has 5 nitrogen and oxygen atoms in total. The predicted molar refractivity (Wildman–Crippen MR) is 69.0 cm³/mol. The van der Waals surface area contributed by atoms with Crippen molar-refractivity contribution < 1.29 is 4.74 Å². The Morgan fingerprint density at radius 3 is 3.06 bits per heavy atom. The number of H-pyrrole nitrogens is 1. The number of methoxy groups -OCH3 is 1. The zero-order chi connectivity index (χ0) is 12.5. The van der Waals surface area contributed by atoms with E-state index in [9.17, 15) is 0 Å². The number of aromatic nitrogens is 4. The van der Waals surface area contributed by atoms with E-state index in [4.69, 9.17) is 4.74 Å². The number of rotatable bonds is 3. The number of ether oxygens (including phenoxy) is 1. The van der Waals surface area contributed by atoms with Crippen molar-refractivity contribution in [1.82, 2.24) is 19.7 Å². The first-order chi connectivity index (χ1) is 8.78. The molecular weight excluding hydrogens is 228 g/mol.